The van der Waals surface area contributed by atoms with Gasteiger partial charge in [-0.25, -0.2) is 0 Å². The van der Waals surface area contributed by atoms with Crippen LogP contribution >= 0.6 is 0 Å². The molecule has 4 heteroatoms. The molecule has 0 aromatic heterocycles. The van der Waals surface area contributed by atoms with Crippen molar-refractivity contribution >= 4 is 5.91 Å². The summed E-state index contributed by atoms with van der Waals surface area (Å²) in [5, 5.41) is 3.53. The van der Waals surface area contributed by atoms with Crippen molar-refractivity contribution in [2.24, 2.45) is 0 Å². The summed E-state index contributed by atoms with van der Waals surface area (Å²) in [6.45, 7) is 9.57. The van der Waals surface area contributed by atoms with E-state index < -0.39 is 0 Å². The van der Waals surface area contributed by atoms with Crippen LogP contribution in [-0.4, -0.2) is 48.7 Å². The number of benzene rings is 1. The van der Waals surface area contributed by atoms with E-state index in [-0.39, 0.29) is 11.5 Å². The number of ether oxygens (including phenoxy) is 1. The van der Waals surface area contributed by atoms with E-state index in [1.807, 2.05) is 35.2 Å². The summed E-state index contributed by atoms with van der Waals surface area (Å²) in [5.74, 6) is 0.140. The van der Waals surface area contributed by atoms with Gasteiger partial charge in [-0.05, 0) is 52.3 Å². The number of amides is 1. The van der Waals surface area contributed by atoms with Gasteiger partial charge in [-0.3, -0.25) is 4.79 Å². The van der Waals surface area contributed by atoms with Gasteiger partial charge in [0.2, 0.25) is 0 Å². The summed E-state index contributed by atoms with van der Waals surface area (Å²) >= 11 is 0. The Morgan fingerprint density at radius 2 is 2.05 bits per heavy atom. The van der Waals surface area contributed by atoms with Crippen LogP contribution in [0.5, 0.6) is 0 Å². The minimum atomic E-state index is -0.0632. The summed E-state index contributed by atoms with van der Waals surface area (Å²) in [5.41, 5.74) is 0.716. The molecule has 122 valence electrons. The Morgan fingerprint density at radius 1 is 1.32 bits per heavy atom. The molecule has 2 rings (SSSR count). The predicted octanol–water partition coefficient (Wildman–Crippen LogP) is 2.70. The lowest BCUT2D eigenvalue weighted by molar-refractivity contribution is -0.00394. The van der Waals surface area contributed by atoms with Gasteiger partial charge in [-0.1, -0.05) is 18.2 Å². The lowest BCUT2D eigenvalue weighted by Crippen LogP contribution is -2.36. The van der Waals surface area contributed by atoms with E-state index in [0.717, 1.165) is 44.6 Å². The highest BCUT2D eigenvalue weighted by atomic mass is 16.5. The van der Waals surface area contributed by atoms with E-state index in [0.29, 0.717) is 6.04 Å². The Morgan fingerprint density at radius 3 is 2.73 bits per heavy atom. The molecule has 1 aliphatic heterocycles. The van der Waals surface area contributed by atoms with E-state index >= 15 is 0 Å². The molecule has 1 unspecified atom stereocenters. The second kappa shape index (κ2) is 7.75. The Balaban J connectivity index is 1.67. The molecule has 1 amide bonds. The average Bonchev–Trinajstić information content (AvgIpc) is 2.95. The first-order valence-corrected chi connectivity index (χ1v) is 8.17. The maximum absolute atomic E-state index is 12.4. The highest BCUT2D eigenvalue weighted by molar-refractivity contribution is 5.94. The van der Waals surface area contributed by atoms with Crippen LogP contribution in [0.2, 0.25) is 0 Å². The second-order valence-electron chi connectivity index (χ2n) is 6.87. The lowest BCUT2D eigenvalue weighted by Gasteiger charge is -2.20. The van der Waals surface area contributed by atoms with Crippen LogP contribution in [0.4, 0.5) is 0 Å². The molecule has 0 bridgehead atoms. The highest BCUT2D eigenvalue weighted by Crippen LogP contribution is 2.13. The molecule has 4 nitrogen and oxygen atoms in total. The maximum atomic E-state index is 12.4. The zero-order valence-corrected chi connectivity index (χ0v) is 14.0. The van der Waals surface area contributed by atoms with Gasteiger partial charge in [0.25, 0.3) is 5.91 Å². The van der Waals surface area contributed by atoms with Crippen LogP contribution in [0, 0.1) is 0 Å². The molecule has 1 aliphatic rings. The van der Waals surface area contributed by atoms with E-state index in [1.54, 1.807) is 0 Å². The number of nitrogens with zero attached hydrogens (tertiary/aromatic N) is 1. The molecule has 0 radical (unpaired) electrons. The lowest BCUT2D eigenvalue weighted by atomic mass is 10.2. The summed E-state index contributed by atoms with van der Waals surface area (Å²) in [6, 6.07) is 9.93. The fourth-order valence-corrected chi connectivity index (χ4v) is 2.63. The molecule has 0 aliphatic carbocycles. The SMILES string of the molecule is CC(C)(C)OCCCNC1CCN(C(=O)c2ccccc2)C1. The van der Waals surface area contributed by atoms with Crippen LogP contribution < -0.4 is 5.32 Å². The highest BCUT2D eigenvalue weighted by Gasteiger charge is 2.26. The van der Waals surface area contributed by atoms with Crippen molar-refractivity contribution in [1.82, 2.24) is 10.2 Å². The van der Waals surface area contributed by atoms with Gasteiger partial charge >= 0.3 is 0 Å². The Labute approximate surface area is 133 Å². The third kappa shape index (κ3) is 5.43. The van der Waals surface area contributed by atoms with Crippen molar-refractivity contribution in [3.8, 4) is 0 Å². The molecular formula is C18H28N2O2. The minimum absolute atomic E-state index is 0.0632. The summed E-state index contributed by atoms with van der Waals surface area (Å²) in [6.07, 6.45) is 2.03. The molecule has 1 aromatic carbocycles. The Kier molecular flexibility index (Phi) is 5.98. The van der Waals surface area contributed by atoms with Crippen LogP contribution in [0.25, 0.3) is 0 Å². The predicted molar refractivity (Wildman–Crippen MR) is 89.1 cm³/mol. The number of carbonyl (C=O) groups excluding carboxylic acids is 1. The van der Waals surface area contributed by atoms with Crippen molar-refractivity contribution in [3.63, 3.8) is 0 Å². The first-order valence-electron chi connectivity index (χ1n) is 8.17. The summed E-state index contributed by atoms with van der Waals surface area (Å²) < 4.78 is 5.71. The Bertz CT molecular complexity index is 468. The molecule has 0 saturated carbocycles. The summed E-state index contributed by atoms with van der Waals surface area (Å²) in [4.78, 5) is 14.3. The van der Waals surface area contributed by atoms with Crippen molar-refractivity contribution in [2.45, 2.75) is 45.3 Å². The number of hydrogen-bond donors (Lipinski definition) is 1. The standard InChI is InChI=1S/C18H28N2O2/c1-18(2,3)22-13-7-11-19-16-10-12-20(14-16)17(21)15-8-5-4-6-9-15/h4-6,8-9,16,19H,7,10-14H2,1-3H3. The van der Waals surface area contributed by atoms with Gasteiger partial charge in [0.15, 0.2) is 0 Å². The Hall–Kier alpha value is -1.39. The zero-order chi connectivity index (χ0) is 16.0. The zero-order valence-electron chi connectivity index (χ0n) is 14.0. The number of nitrogens with one attached hydrogen (secondary N) is 1. The largest absolute Gasteiger partial charge is 0.376 e. The van der Waals surface area contributed by atoms with E-state index in [9.17, 15) is 4.79 Å². The average molecular weight is 304 g/mol. The van der Waals surface area contributed by atoms with Gasteiger partial charge in [0, 0.05) is 31.3 Å². The number of likely N-dealkylation sites (tertiary alicyclic amines) is 1. The van der Waals surface area contributed by atoms with E-state index in [1.165, 1.54) is 0 Å². The normalized spacial score (nSPS) is 18.7. The molecule has 1 aromatic rings. The van der Waals surface area contributed by atoms with Crippen LogP contribution in [0.1, 0.15) is 44.0 Å². The quantitative estimate of drug-likeness (QED) is 0.822. The van der Waals surface area contributed by atoms with Gasteiger partial charge < -0.3 is 15.0 Å². The van der Waals surface area contributed by atoms with Crippen molar-refractivity contribution in [3.05, 3.63) is 35.9 Å². The third-order valence-electron chi connectivity index (χ3n) is 3.79. The topological polar surface area (TPSA) is 41.6 Å². The third-order valence-corrected chi connectivity index (χ3v) is 3.79. The van der Waals surface area contributed by atoms with Crippen LogP contribution in [0.15, 0.2) is 30.3 Å². The molecule has 1 atom stereocenters. The smallest absolute Gasteiger partial charge is 0.253 e. The van der Waals surface area contributed by atoms with Crippen molar-refractivity contribution < 1.29 is 9.53 Å². The van der Waals surface area contributed by atoms with E-state index in [4.69, 9.17) is 4.74 Å². The number of rotatable bonds is 6. The van der Waals surface area contributed by atoms with E-state index in [2.05, 4.69) is 26.1 Å². The number of hydrogen-bond acceptors (Lipinski definition) is 3. The molecule has 1 fully saturated rings. The molecule has 1 N–H and O–H groups in total. The van der Waals surface area contributed by atoms with Gasteiger partial charge in [-0.15, -0.1) is 0 Å². The summed E-state index contributed by atoms with van der Waals surface area (Å²) in [7, 11) is 0. The molecule has 22 heavy (non-hydrogen) atoms. The fraction of sp³-hybridized carbons (Fsp3) is 0.611. The fourth-order valence-electron chi connectivity index (χ4n) is 2.63. The second-order valence-corrected chi connectivity index (χ2v) is 6.87. The van der Waals surface area contributed by atoms with Crippen molar-refractivity contribution in [1.29, 1.82) is 0 Å². The molecular weight excluding hydrogens is 276 g/mol. The van der Waals surface area contributed by atoms with Gasteiger partial charge in [0.1, 0.15) is 0 Å². The monoisotopic (exact) mass is 304 g/mol. The first-order chi connectivity index (χ1) is 10.5. The molecule has 1 heterocycles. The maximum Gasteiger partial charge on any atom is 0.253 e. The first kappa shape index (κ1) is 17.0. The van der Waals surface area contributed by atoms with Crippen molar-refractivity contribution in [2.75, 3.05) is 26.2 Å². The molecule has 1 saturated heterocycles. The number of carbonyl (C=O) groups is 1. The molecule has 0 spiro atoms. The van der Waals surface area contributed by atoms with Crippen LogP contribution in [0.3, 0.4) is 0 Å². The van der Waals surface area contributed by atoms with Crippen LogP contribution in [-0.2, 0) is 4.74 Å². The van der Waals surface area contributed by atoms with Gasteiger partial charge in [0.05, 0.1) is 5.60 Å². The van der Waals surface area contributed by atoms with Gasteiger partial charge in [-0.2, -0.15) is 0 Å². The minimum Gasteiger partial charge on any atom is -0.376 e.